The number of nitrogens with one attached hydrogen (secondary N) is 1. The highest BCUT2D eigenvalue weighted by Gasteiger charge is 2.03. The summed E-state index contributed by atoms with van der Waals surface area (Å²) >= 11 is 0. The number of phenolic OH excluding ortho intramolecular Hbond substituents is 1. The summed E-state index contributed by atoms with van der Waals surface area (Å²) in [6.07, 6.45) is 1.43. The first-order valence-electron chi connectivity index (χ1n) is 6.00. The van der Waals surface area contributed by atoms with Crippen molar-refractivity contribution in [3.63, 3.8) is 0 Å². The molecule has 2 aromatic carbocycles. The van der Waals surface area contributed by atoms with Gasteiger partial charge in [0.2, 0.25) is 0 Å². The Morgan fingerprint density at radius 1 is 1.29 bits per heavy atom. The lowest BCUT2D eigenvalue weighted by molar-refractivity contribution is -0.384. The van der Waals surface area contributed by atoms with Crippen molar-refractivity contribution in [2.45, 2.75) is 0 Å². The maximum atomic E-state index is 10.5. The zero-order valence-electron chi connectivity index (χ0n) is 11.2. The van der Waals surface area contributed by atoms with E-state index in [1.54, 1.807) is 24.3 Å². The van der Waals surface area contributed by atoms with Crippen molar-refractivity contribution >= 4 is 17.6 Å². The highest BCUT2D eigenvalue weighted by molar-refractivity contribution is 5.84. The van der Waals surface area contributed by atoms with Crippen LogP contribution in [0.4, 0.5) is 11.4 Å². The van der Waals surface area contributed by atoms with Crippen LogP contribution in [0.1, 0.15) is 5.56 Å². The predicted molar refractivity (Wildman–Crippen MR) is 79.0 cm³/mol. The lowest BCUT2D eigenvalue weighted by Gasteiger charge is -2.03. The van der Waals surface area contributed by atoms with Crippen LogP contribution in [0.3, 0.4) is 0 Å². The van der Waals surface area contributed by atoms with Gasteiger partial charge in [-0.1, -0.05) is 0 Å². The van der Waals surface area contributed by atoms with Gasteiger partial charge in [-0.15, -0.1) is 0 Å². The van der Waals surface area contributed by atoms with Crippen molar-refractivity contribution in [3.05, 3.63) is 58.1 Å². The second-order valence-corrected chi connectivity index (χ2v) is 4.10. The molecule has 0 bridgehead atoms. The van der Waals surface area contributed by atoms with Crippen LogP contribution in [-0.2, 0) is 0 Å². The van der Waals surface area contributed by atoms with Gasteiger partial charge in [0, 0.05) is 17.7 Å². The Labute approximate surface area is 120 Å². The summed E-state index contributed by atoms with van der Waals surface area (Å²) in [5.41, 5.74) is 3.81. The van der Waals surface area contributed by atoms with Gasteiger partial charge >= 0.3 is 0 Å². The van der Waals surface area contributed by atoms with Crippen LogP contribution in [0.25, 0.3) is 0 Å². The van der Waals surface area contributed by atoms with Crippen LogP contribution in [0.15, 0.2) is 47.6 Å². The number of methoxy groups -OCH3 is 1. The van der Waals surface area contributed by atoms with Crippen molar-refractivity contribution < 1.29 is 14.8 Å². The average molecular weight is 287 g/mol. The molecule has 0 saturated carbocycles. The van der Waals surface area contributed by atoms with E-state index >= 15 is 0 Å². The number of nitrogens with zero attached hydrogens (tertiary/aromatic N) is 2. The smallest absolute Gasteiger partial charge is 0.269 e. The Morgan fingerprint density at radius 3 is 2.62 bits per heavy atom. The number of anilines is 1. The fourth-order valence-electron chi connectivity index (χ4n) is 1.60. The van der Waals surface area contributed by atoms with Crippen molar-refractivity contribution in [2.24, 2.45) is 5.10 Å². The number of hydrogen-bond donors (Lipinski definition) is 2. The van der Waals surface area contributed by atoms with E-state index in [0.29, 0.717) is 17.0 Å². The lowest BCUT2D eigenvalue weighted by atomic mass is 10.2. The van der Waals surface area contributed by atoms with E-state index in [0.717, 1.165) is 0 Å². The monoisotopic (exact) mass is 287 g/mol. The minimum atomic E-state index is -0.471. The average Bonchev–Trinajstić information content (AvgIpc) is 2.49. The molecule has 0 saturated heterocycles. The molecule has 0 aliphatic heterocycles. The Kier molecular flexibility index (Phi) is 4.35. The molecule has 0 aromatic heterocycles. The van der Waals surface area contributed by atoms with E-state index in [2.05, 4.69) is 10.5 Å². The summed E-state index contributed by atoms with van der Waals surface area (Å²) in [6, 6.07) is 10.6. The van der Waals surface area contributed by atoms with Crippen LogP contribution < -0.4 is 10.2 Å². The summed E-state index contributed by atoms with van der Waals surface area (Å²) < 4.78 is 5.05. The largest absolute Gasteiger partial charge is 0.507 e. The summed E-state index contributed by atoms with van der Waals surface area (Å²) in [5, 5.41) is 24.2. The molecule has 0 radical (unpaired) electrons. The summed E-state index contributed by atoms with van der Waals surface area (Å²) in [7, 11) is 1.53. The molecule has 7 heteroatoms. The molecule has 21 heavy (non-hydrogen) atoms. The molecule has 0 spiro atoms. The van der Waals surface area contributed by atoms with Crippen molar-refractivity contribution in [1.29, 1.82) is 0 Å². The van der Waals surface area contributed by atoms with Gasteiger partial charge in [0.1, 0.15) is 11.5 Å². The number of non-ortho nitro benzene ring substituents is 1. The number of nitro benzene ring substituents is 1. The van der Waals surface area contributed by atoms with Crippen molar-refractivity contribution in [3.8, 4) is 11.5 Å². The second-order valence-electron chi connectivity index (χ2n) is 4.10. The molecule has 0 amide bonds. The van der Waals surface area contributed by atoms with Gasteiger partial charge < -0.3 is 9.84 Å². The number of aromatic hydroxyl groups is 1. The zero-order valence-corrected chi connectivity index (χ0v) is 11.2. The third-order valence-corrected chi connectivity index (χ3v) is 2.71. The molecule has 0 aliphatic rings. The van der Waals surface area contributed by atoms with Gasteiger partial charge in [0.15, 0.2) is 0 Å². The Hall–Kier alpha value is -3.09. The number of benzene rings is 2. The second kappa shape index (κ2) is 6.38. The topological polar surface area (TPSA) is 97.0 Å². The molecular weight excluding hydrogens is 274 g/mol. The zero-order chi connectivity index (χ0) is 15.2. The van der Waals surface area contributed by atoms with E-state index in [-0.39, 0.29) is 11.4 Å². The molecule has 7 nitrogen and oxygen atoms in total. The lowest BCUT2D eigenvalue weighted by Crippen LogP contribution is -1.93. The minimum Gasteiger partial charge on any atom is -0.507 e. The van der Waals surface area contributed by atoms with Gasteiger partial charge in [-0.05, 0) is 30.3 Å². The highest BCUT2D eigenvalue weighted by atomic mass is 16.6. The number of phenols is 1. The Balaban J connectivity index is 2.06. The van der Waals surface area contributed by atoms with Gasteiger partial charge in [0.05, 0.1) is 23.9 Å². The first kappa shape index (κ1) is 14.3. The number of hydrogen-bond acceptors (Lipinski definition) is 6. The Morgan fingerprint density at radius 2 is 2.00 bits per heavy atom. The van der Waals surface area contributed by atoms with Crippen molar-refractivity contribution in [1.82, 2.24) is 0 Å². The van der Waals surface area contributed by atoms with Gasteiger partial charge in [-0.3, -0.25) is 15.5 Å². The van der Waals surface area contributed by atoms with Crippen LogP contribution in [-0.4, -0.2) is 23.4 Å². The maximum Gasteiger partial charge on any atom is 0.269 e. The maximum absolute atomic E-state index is 10.5. The van der Waals surface area contributed by atoms with Crippen LogP contribution in [0.5, 0.6) is 11.5 Å². The van der Waals surface area contributed by atoms with Crippen LogP contribution >= 0.6 is 0 Å². The fraction of sp³-hybridized carbons (Fsp3) is 0.0714. The molecule has 2 rings (SSSR count). The standard InChI is InChI=1S/C14H13N3O4/c1-21-13-6-7-14(18)10(8-13)9-15-16-11-2-4-12(5-3-11)17(19)20/h2-9,16,18H,1H3/b15-9-. The van der Waals surface area contributed by atoms with Crippen LogP contribution in [0, 0.1) is 10.1 Å². The van der Waals surface area contributed by atoms with E-state index < -0.39 is 4.92 Å². The van der Waals surface area contributed by atoms with Gasteiger partial charge in [-0.2, -0.15) is 5.10 Å². The summed E-state index contributed by atoms with van der Waals surface area (Å²) in [6.45, 7) is 0. The Bertz CT molecular complexity index is 668. The molecule has 2 N–H and O–H groups in total. The number of nitro groups is 1. The van der Waals surface area contributed by atoms with Crippen molar-refractivity contribution in [2.75, 3.05) is 12.5 Å². The number of hydrazone groups is 1. The quantitative estimate of drug-likeness (QED) is 0.500. The normalized spacial score (nSPS) is 10.5. The van der Waals surface area contributed by atoms with Gasteiger partial charge in [-0.25, -0.2) is 0 Å². The molecule has 0 unspecified atom stereocenters. The predicted octanol–water partition coefficient (Wildman–Crippen LogP) is 2.76. The highest BCUT2D eigenvalue weighted by Crippen LogP contribution is 2.21. The minimum absolute atomic E-state index is 0.00923. The van der Waals surface area contributed by atoms with E-state index in [1.807, 2.05) is 0 Å². The molecule has 0 fully saturated rings. The van der Waals surface area contributed by atoms with Crippen LogP contribution in [0.2, 0.25) is 0 Å². The summed E-state index contributed by atoms with van der Waals surface area (Å²) in [4.78, 5) is 10.1. The molecule has 0 aliphatic carbocycles. The van der Waals surface area contributed by atoms with E-state index in [9.17, 15) is 15.2 Å². The molecule has 2 aromatic rings. The third-order valence-electron chi connectivity index (χ3n) is 2.71. The fourth-order valence-corrected chi connectivity index (χ4v) is 1.60. The summed E-state index contributed by atoms with van der Waals surface area (Å²) in [5.74, 6) is 0.676. The molecule has 0 heterocycles. The van der Waals surface area contributed by atoms with E-state index in [1.165, 1.54) is 31.5 Å². The molecular formula is C14H13N3O4. The number of ether oxygens (including phenoxy) is 1. The first-order valence-corrected chi connectivity index (χ1v) is 6.00. The van der Waals surface area contributed by atoms with E-state index in [4.69, 9.17) is 4.74 Å². The molecule has 108 valence electrons. The number of rotatable bonds is 5. The first-order chi connectivity index (χ1) is 10.1. The van der Waals surface area contributed by atoms with Gasteiger partial charge in [0.25, 0.3) is 5.69 Å². The molecule has 0 atom stereocenters. The third kappa shape index (κ3) is 3.69. The SMILES string of the molecule is COc1ccc(O)c(/C=N\Nc2ccc([N+](=O)[O-])cc2)c1.